The lowest BCUT2D eigenvalue weighted by Crippen LogP contribution is -2.35. The molecule has 0 saturated carbocycles. The average molecular weight is 365 g/mol. The van der Waals surface area contributed by atoms with Gasteiger partial charge in [-0.25, -0.2) is 0 Å². The van der Waals surface area contributed by atoms with Crippen molar-refractivity contribution in [3.8, 4) is 0 Å². The smallest absolute Gasteiger partial charge is 0.220 e. The van der Waals surface area contributed by atoms with E-state index in [0.29, 0.717) is 13.1 Å². The standard InChI is InChI=1S/C23H44N2O/c1-4-6-7-8-9-10-11-12-13-14-15-16-17-18-19-20-23(26)24-22-25(3)21-5-2/h9-10,12-13H,4-8,11,14-22H2,1-3H3,(H,24,26)/b10-9-,13-12-. The summed E-state index contributed by atoms with van der Waals surface area (Å²) in [6.07, 6.45) is 24.5. The van der Waals surface area contributed by atoms with Crippen molar-refractivity contribution in [3.63, 3.8) is 0 Å². The third-order valence-electron chi connectivity index (χ3n) is 4.51. The number of hydrogen-bond acceptors (Lipinski definition) is 2. The number of carbonyl (C=O) groups is 1. The largest absolute Gasteiger partial charge is 0.343 e. The molecule has 0 saturated heterocycles. The van der Waals surface area contributed by atoms with Crippen molar-refractivity contribution in [2.75, 3.05) is 20.3 Å². The van der Waals surface area contributed by atoms with Crippen LogP contribution in [0.15, 0.2) is 24.3 Å². The van der Waals surface area contributed by atoms with Crippen molar-refractivity contribution >= 4 is 5.91 Å². The number of allylic oxidation sites excluding steroid dienone is 4. The number of amides is 1. The SMILES string of the molecule is CCCCC/C=C\C/C=C\CCCCCCCC(=O)NCN(C)CCC. The summed E-state index contributed by atoms with van der Waals surface area (Å²) in [5.41, 5.74) is 0. The van der Waals surface area contributed by atoms with Crippen molar-refractivity contribution in [3.05, 3.63) is 24.3 Å². The lowest BCUT2D eigenvalue weighted by molar-refractivity contribution is -0.121. The van der Waals surface area contributed by atoms with Crippen LogP contribution in [0.3, 0.4) is 0 Å². The van der Waals surface area contributed by atoms with Gasteiger partial charge >= 0.3 is 0 Å². The predicted octanol–water partition coefficient (Wildman–Crippen LogP) is 6.22. The van der Waals surface area contributed by atoms with Crippen molar-refractivity contribution in [2.45, 2.75) is 97.3 Å². The van der Waals surface area contributed by atoms with Gasteiger partial charge in [0.2, 0.25) is 5.91 Å². The van der Waals surface area contributed by atoms with Gasteiger partial charge in [-0.3, -0.25) is 9.69 Å². The molecule has 0 radical (unpaired) electrons. The minimum atomic E-state index is 0.193. The Hall–Kier alpha value is -1.09. The Morgan fingerprint density at radius 2 is 1.42 bits per heavy atom. The fraction of sp³-hybridized carbons (Fsp3) is 0.783. The van der Waals surface area contributed by atoms with E-state index in [2.05, 4.69) is 48.4 Å². The van der Waals surface area contributed by atoms with Gasteiger partial charge in [0.05, 0.1) is 6.67 Å². The molecule has 0 aliphatic rings. The molecule has 0 aliphatic heterocycles. The molecule has 152 valence electrons. The molecule has 3 nitrogen and oxygen atoms in total. The van der Waals surface area contributed by atoms with Gasteiger partial charge in [0.25, 0.3) is 0 Å². The van der Waals surface area contributed by atoms with Crippen LogP contribution in [0.1, 0.15) is 97.3 Å². The Labute approximate surface area is 163 Å². The first kappa shape index (κ1) is 24.9. The van der Waals surface area contributed by atoms with E-state index in [1.54, 1.807) is 0 Å². The third-order valence-corrected chi connectivity index (χ3v) is 4.51. The van der Waals surface area contributed by atoms with Gasteiger partial charge in [0.15, 0.2) is 0 Å². The van der Waals surface area contributed by atoms with Gasteiger partial charge in [0.1, 0.15) is 0 Å². The second-order valence-electron chi connectivity index (χ2n) is 7.32. The van der Waals surface area contributed by atoms with E-state index < -0.39 is 0 Å². The van der Waals surface area contributed by atoms with Crippen LogP contribution in [-0.4, -0.2) is 31.1 Å². The zero-order valence-electron chi connectivity index (χ0n) is 17.8. The molecular formula is C23H44N2O. The summed E-state index contributed by atoms with van der Waals surface area (Å²) in [7, 11) is 2.04. The molecule has 0 bridgehead atoms. The summed E-state index contributed by atoms with van der Waals surface area (Å²) in [5, 5.41) is 2.99. The highest BCUT2D eigenvalue weighted by Crippen LogP contribution is 2.08. The van der Waals surface area contributed by atoms with Crippen LogP contribution in [0.2, 0.25) is 0 Å². The van der Waals surface area contributed by atoms with Gasteiger partial charge in [0, 0.05) is 6.42 Å². The highest BCUT2D eigenvalue weighted by atomic mass is 16.1. The fourth-order valence-electron chi connectivity index (χ4n) is 2.87. The summed E-state index contributed by atoms with van der Waals surface area (Å²) < 4.78 is 0. The minimum Gasteiger partial charge on any atom is -0.343 e. The van der Waals surface area contributed by atoms with E-state index in [1.165, 1.54) is 57.8 Å². The number of nitrogens with one attached hydrogen (secondary N) is 1. The Kier molecular flexibility index (Phi) is 19.4. The number of hydrogen-bond donors (Lipinski definition) is 1. The zero-order valence-corrected chi connectivity index (χ0v) is 17.8. The molecule has 0 aromatic carbocycles. The number of nitrogens with zero attached hydrogens (tertiary/aromatic N) is 1. The molecule has 1 amide bonds. The van der Waals surface area contributed by atoms with Gasteiger partial charge in [-0.05, 0) is 58.5 Å². The topological polar surface area (TPSA) is 32.3 Å². The third kappa shape index (κ3) is 19.2. The molecular weight excluding hydrogens is 320 g/mol. The first-order chi connectivity index (χ1) is 12.7. The molecule has 1 N–H and O–H groups in total. The van der Waals surface area contributed by atoms with Crippen LogP contribution in [0.4, 0.5) is 0 Å². The Bertz CT molecular complexity index is 363. The predicted molar refractivity (Wildman–Crippen MR) is 115 cm³/mol. The first-order valence-corrected chi connectivity index (χ1v) is 11.0. The van der Waals surface area contributed by atoms with Crippen LogP contribution >= 0.6 is 0 Å². The van der Waals surface area contributed by atoms with Gasteiger partial charge in [-0.15, -0.1) is 0 Å². The molecule has 0 heterocycles. The second-order valence-corrected chi connectivity index (χ2v) is 7.32. The monoisotopic (exact) mass is 364 g/mol. The van der Waals surface area contributed by atoms with Crippen molar-refractivity contribution < 1.29 is 4.79 Å². The maximum absolute atomic E-state index is 11.7. The summed E-state index contributed by atoms with van der Waals surface area (Å²) in [4.78, 5) is 13.9. The van der Waals surface area contributed by atoms with Crippen LogP contribution in [-0.2, 0) is 4.79 Å². The number of rotatable bonds is 18. The maximum Gasteiger partial charge on any atom is 0.220 e. The van der Waals surface area contributed by atoms with E-state index in [4.69, 9.17) is 0 Å². The normalized spacial score (nSPS) is 11.8. The molecule has 26 heavy (non-hydrogen) atoms. The van der Waals surface area contributed by atoms with Crippen LogP contribution in [0, 0.1) is 0 Å². The average Bonchev–Trinajstić information content (AvgIpc) is 2.63. The highest BCUT2D eigenvalue weighted by molar-refractivity contribution is 5.75. The van der Waals surface area contributed by atoms with E-state index in [1.807, 2.05) is 7.05 Å². The van der Waals surface area contributed by atoms with Crippen molar-refractivity contribution in [1.29, 1.82) is 0 Å². The number of carbonyl (C=O) groups excluding carboxylic acids is 1. The van der Waals surface area contributed by atoms with Gasteiger partial charge in [-0.2, -0.15) is 0 Å². The molecule has 0 spiro atoms. The maximum atomic E-state index is 11.7. The number of unbranched alkanes of at least 4 members (excludes halogenated alkanes) is 8. The lowest BCUT2D eigenvalue weighted by Gasteiger charge is -2.16. The molecule has 0 aromatic heterocycles. The summed E-state index contributed by atoms with van der Waals surface area (Å²) in [6, 6.07) is 0. The molecule has 0 fully saturated rings. The molecule has 0 unspecified atom stereocenters. The molecule has 3 heteroatoms. The van der Waals surface area contributed by atoms with Crippen LogP contribution in [0.5, 0.6) is 0 Å². The first-order valence-electron chi connectivity index (χ1n) is 11.0. The molecule has 0 aromatic rings. The quantitative estimate of drug-likeness (QED) is 0.178. The van der Waals surface area contributed by atoms with Gasteiger partial charge < -0.3 is 5.32 Å². The van der Waals surface area contributed by atoms with E-state index in [-0.39, 0.29) is 5.91 Å². The van der Waals surface area contributed by atoms with E-state index >= 15 is 0 Å². The Morgan fingerprint density at radius 1 is 0.808 bits per heavy atom. The summed E-state index contributed by atoms with van der Waals surface area (Å²) in [6.45, 7) is 6.11. The lowest BCUT2D eigenvalue weighted by atomic mass is 10.1. The van der Waals surface area contributed by atoms with Crippen LogP contribution < -0.4 is 5.32 Å². The minimum absolute atomic E-state index is 0.193. The summed E-state index contributed by atoms with van der Waals surface area (Å²) in [5.74, 6) is 0.193. The molecule has 0 atom stereocenters. The molecule has 0 rings (SSSR count). The fourth-order valence-corrected chi connectivity index (χ4v) is 2.87. The Balaban J connectivity index is 3.32. The van der Waals surface area contributed by atoms with Crippen molar-refractivity contribution in [2.24, 2.45) is 0 Å². The highest BCUT2D eigenvalue weighted by Gasteiger charge is 2.02. The van der Waals surface area contributed by atoms with E-state index in [0.717, 1.165) is 25.8 Å². The summed E-state index contributed by atoms with van der Waals surface area (Å²) >= 11 is 0. The van der Waals surface area contributed by atoms with Crippen LogP contribution in [0.25, 0.3) is 0 Å². The Morgan fingerprint density at radius 3 is 2.08 bits per heavy atom. The zero-order chi connectivity index (χ0) is 19.3. The van der Waals surface area contributed by atoms with Gasteiger partial charge in [-0.1, -0.05) is 70.3 Å². The van der Waals surface area contributed by atoms with E-state index in [9.17, 15) is 4.79 Å². The molecule has 0 aliphatic carbocycles. The van der Waals surface area contributed by atoms with Crippen molar-refractivity contribution in [1.82, 2.24) is 10.2 Å². The second kappa shape index (κ2) is 20.2.